The zero-order chi connectivity index (χ0) is 12.9. The Bertz CT molecular complexity index is 264. The summed E-state index contributed by atoms with van der Waals surface area (Å²) in [5, 5.41) is 0. The lowest BCUT2D eigenvalue weighted by Crippen LogP contribution is -2.36. The molecule has 0 aliphatic heterocycles. The van der Waals surface area contributed by atoms with E-state index in [4.69, 9.17) is 0 Å². The third-order valence-electron chi connectivity index (χ3n) is 1.94. The van der Waals surface area contributed by atoms with Crippen LogP contribution in [0.1, 0.15) is 6.42 Å². The maximum Gasteiger partial charge on any atom is 0.450 e. The zero-order valence-electron chi connectivity index (χ0n) is 9.47. The minimum Gasteiger partial charge on any atom is -0.344 e. The fraction of sp³-hybridized carbons (Fsp3) is 0.778. The van der Waals surface area contributed by atoms with Crippen LogP contribution in [0, 0.1) is 0 Å². The summed E-state index contributed by atoms with van der Waals surface area (Å²) in [5.74, 6) is -2.82. The molecule has 0 atom stereocenters. The summed E-state index contributed by atoms with van der Waals surface area (Å²) >= 11 is 0. The second-order valence-electron chi connectivity index (χ2n) is 3.72. The van der Waals surface area contributed by atoms with Crippen LogP contribution in [0.4, 0.5) is 13.2 Å². The molecule has 7 heteroatoms. The Balaban J connectivity index is 4.11. The lowest BCUT2D eigenvalue weighted by atomic mass is 10.2. The van der Waals surface area contributed by atoms with Gasteiger partial charge in [-0.3, -0.25) is 9.59 Å². The number of hydrogen-bond donors (Lipinski definition) is 0. The Morgan fingerprint density at radius 1 is 1.06 bits per heavy atom. The average Bonchev–Trinajstić information content (AvgIpc) is 2.12. The summed E-state index contributed by atoms with van der Waals surface area (Å²) in [5.41, 5.74) is 0. The van der Waals surface area contributed by atoms with Gasteiger partial charge in [-0.1, -0.05) is 0 Å². The first-order valence-corrected chi connectivity index (χ1v) is 4.63. The first-order valence-electron chi connectivity index (χ1n) is 4.63. The Hall–Kier alpha value is -1.11. The van der Waals surface area contributed by atoms with Crippen molar-refractivity contribution >= 4 is 11.7 Å². The molecule has 0 aromatic carbocycles. The predicted octanol–water partition coefficient (Wildman–Crippen LogP) is 0.528. The van der Waals surface area contributed by atoms with E-state index < -0.39 is 24.3 Å². The summed E-state index contributed by atoms with van der Waals surface area (Å²) in [4.78, 5) is 24.6. The third-order valence-corrected chi connectivity index (χ3v) is 1.94. The number of carbonyl (C=O) groups excluding carboxylic acids is 2. The minimum atomic E-state index is -4.93. The van der Waals surface area contributed by atoms with Gasteiger partial charge < -0.3 is 9.80 Å². The SMILES string of the molecule is CN(C)CCN(C)C(=O)CC(=O)C(F)(F)F. The van der Waals surface area contributed by atoms with Crippen LogP contribution in [-0.4, -0.2) is 61.9 Å². The largest absolute Gasteiger partial charge is 0.450 e. The highest BCUT2D eigenvalue weighted by molar-refractivity contribution is 6.00. The molecular formula is C9H15F3N2O2. The maximum absolute atomic E-state index is 11.9. The van der Waals surface area contributed by atoms with Gasteiger partial charge in [-0.05, 0) is 14.1 Å². The molecule has 0 fully saturated rings. The molecule has 16 heavy (non-hydrogen) atoms. The number of ketones is 1. The van der Waals surface area contributed by atoms with Gasteiger partial charge in [0.15, 0.2) is 0 Å². The van der Waals surface area contributed by atoms with Crippen LogP contribution in [0.25, 0.3) is 0 Å². The number of likely N-dealkylation sites (N-methyl/N-ethyl adjacent to an activating group) is 2. The molecule has 1 amide bonds. The molecule has 0 bridgehead atoms. The number of Topliss-reactive ketones (excluding diaryl/α,β-unsaturated/α-hetero) is 1. The number of halogens is 3. The van der Waals surface area contributed by atoms with E-state index in [0.717, 1.165) is 4.90 Å². The van der Waals surface area contributed by atoms with E-state index in [0.29, 0.717) is 6.54 Å². The summed E-state index contributed by atoms with van der Waals surface area (Å²) in [6.07, 6.45) is -6.05. The van der Waals surface area contributed by atoms with Crippen molar-refractivity contribution in [2.45, 2.75) is 12.6 Å². The lowest BCUT2D eigenvalue weighted by molar-refractivity contribution is -0.172. The van der Waals surface area contributed by atoms with Crippen molar-refractivity contribution in [3.8, 4) is 0 Å². The number of carbonyl (C=O) groups is 2. The second-order valence-corrected chi connectivity index (χ2v) is 3.72. The molecule has 0 rings (SSSR count). The number of nitrogens with zero attached hydrogens (tertiary/aromatic N) is 2. The highest BCUT2D eigenvalue weighted by Crippen LogP contribution is 2.18. The Morgan fingerprint density at radius 2 is 1.56 bits per heavy atom. The van der Waals surface area contributed by atoms with Gasteiger partial charge in [0.1, 0.15) is 0 Å². The van der Waals surface area contributed by atoms with Gasteiger partial charge in [0.25, 0.3) is 0 Å². The second kappa shape index (κ2) is 5.83. The van der Waals surface area contributed by atoms with Crippen LogP contribution in [0.15, 0.2) is 0 Å². The molecule has 0 saturated carbocycles. The highest BCUT2D eigenvalue weighted by Gasteiger charge is 2.39. The summed E-state index contributed by atoms with van der Waals surface area (Å²) < 4.78 is 35.6. The molecule has 0 saturated heterocycles. The van der Waals surface area contributed by atoms with E-state index in [-0.39, 0.29) is 6.54 Å². The molecule has 0 spiro atoms. The molecule has 0 radical (unpaired) electrons. The molecule has 0 aliphatic rings. The Kier molecular flexibility index (Phi) is 5.43. The molecule has 0 aromatic heterocycles. The fourth-order valence-corrected chi connectivity index (χ4v) is 0.847. The van der Waals surface area contributed by atoms with Crippen LogP contribution >= 0.6 is 0 Å². The fourth-order valence-electron chi connectivity index (χ4n) is 0.847. The maximum atomic E-state index is 11.9. The summed E-state index contributed by atoms with van der Waals surface area (Å²) in [6, 6.07) is 0. The molecule has 0 N–H and O–H groups in total. The van der Waals surface area contributed by atoms with E-state index in [2.05, 4.69) is 0 Å². The molecule has 94 valence electrons. The van der Waals surface area contributed by atoms with Crippen molar-refractivity contribution in [1.82, 2.24) is 9.80 Å². The van der Waals surface area contributed by atoms with Gasteiger partial charge in [-0.15, -0.1) is 0 Å². The zero-order valence-corrected chi connectivity index (χ0v) is 9.47. The standard InChI is InChI=1S/C9H15F3N2O2/c1-13(2)4-5-14(3)8(16)6-7(15)9(10,11)12/h4-6H2,1-3H3. The van der Waals surface area contributed by atoms with E-state index in [1.54, 1.807) is 19.0 Å². The van der Waals surface area contributed by atoms with Gasteiger partial charge >= 0.3 is 6.18 Å². The summed E-state index contributed by atoms with van der Waals surface area (Å²) in [6.45, 7) is 0.819. The monoisotopic (exact) mass is 240 g/mol. The molecule has 0 aromatic rings. The average molecular weight is 240 g/mol. The van der Waals surface area contributed by atoms with Gasteiger partial charge in [-0.25, -0.2) is 0 Å². The van der Waals surface area contributed by atoms with E-state index >= 15 is 0 Å². The number of amides is 1. The first-order chi connectivity index (χ1) is 7.14. The predicted molar refractivity (Wildman–Crippen MR) is 51.9 cm³/mol. The molecular weight excluding hydrogens is 225 g/mol. The number of hydrogen-bond acceptors (Lipinski definition) is 3. The highest BCUT2D eigenvalue weighted by atomic mass is 19.4. The number of rotatable bonds is 5. The topological polar surface area (TPSA) is 40.6 Å². The van der Waals surface area contributed by atoms with Crippen molar-refractivity contribution in [3.63, 3.8) is 0 Å². The van der Waals surface area contributed by atoms with Crippen molar-refractivity contribution < 1.29 is 22.8 Å². The molecule has 0 unspecified atom stereocenters. The van der Waals surface area contributed by atoms with E-state index in [9.17, 15) is 22.8 Å². The Morgan fingerprint density at radius 3 is 1.94 bits per heavy atom. The van der Waals surface area contributed by atoms with Crippen molar-refractivity contribution in [2.24, 2.45) is 0 Å². The van der Waals surface area contributed by atoms with Crippen LogP contribution in [0.2, 0.25) is 0 Å². The van der Waals surface area contributed by atoms with Crippen LogP contribution in [0.3, 0.4) is 0 Å². The quantitative estimate of drug-likeness (QED) is 0.658. The number of alkyl halides is 3. The lowest BCUT2D eigenvalue weighted by Gasteiger charge is -2.19. The molecule has 4 nitrogen and oxygen atoms in total. The van der Waals surface area contributed by atoms with Gasteiger partial charge in [0.2, 0.25) is 11.7 Å². The van der Waals surface area contributed by atoms with Gasteiger partial charge in [0.05, 0.1) is 6.42 Å². The molecule has 0 aliphatic carbocycles. The third kappa shape index (κ3) is 5.69. The van der Waals surface area contributed by atoms with Crippen molar-refractivity contribution in [2.75, 3.05) is 34.2 Å². The van der Waals surface area contributed by atoms with Crippen LogP contribution < -0.4 is 0 Å². The van der Waals surface area contributed by atoms with Crippen molar-refractivity contribution in [1.29, 1.82) is 0 Å². The van der Waals surface area contributed by atoms with Crippen LogP contribution in [0.5, 0.6) is 0 Å². The normalized spacial score (nSPS) is 11.7. The van der Waals surface area contributed by atoms with Crippen molar-refractivity contribution in [3.05, 3.63) is 0 Å². The van der Waals surface area contributed by atoms with Crippen LogP contribution in [-0.2, 0) is 9.59 Å². The smallest absolute Gasteiger partial charge is 0.344 e. The Labute approximate surface area is 92.0 Å². The molecule has 0 heterocycles. The van der Waals surface area contributed by atoms with Gasteiger partial charge in [-0.2, -0.15) is 13.2 Å². The summed E-state index contributed by atoms with van der Waals surface area (Å²) in [7, 11) is 4.92. The minimum absolute atomic E-state index is 0.289. The van der Waals surface area contributed by atoms with E-state index in [1.165, 1.54) is 7.05 Å². The van der Waals surface area contributed by atoms with E-state index in [1.807, 2.05) is 0 Å². The first kappa shape index (κ1) is 14.9. The van der Waals surface area contributed by atoms with Gasteiger partial charge in [0, 0.05) is 20.1 Å².